The highest BCUT2D eigenvalue weighted by atomic mass is 32.1. The van der Waals surface area contributed by atoms with Crippen molar-refractivity contribution >= 4 is 11.3 Å². The maximum absolute atomic E-state index is 13.7. The summed E-state index contributed by atoms with van der Waals surface area (Å²) in [5.41, 5.74) is 0.955. The van der Waals surface area contributed by atoms with Crippen LogP contribution in [-0.2, 0) is 6.42 Å². The van der Waals surface area contributed by atoms with E-state index in [1.807, 2.05) is 17.5 Å². The second-order valence-electron chi connectivity index (χ2n) is 3.78. The number of aliphatic hydroxyl groups excluding tert-OH is 1. The molecule has 1 N–H and O–H groups in total. The molecule has 1 nitrogen and oxygen atoms in total. The predicted octanol–water partition coefficient (Wildman–Crippen LogP) is 3.47. The van der Waals surface area contributed by atoms with E-state index in [-0.39, 0.29) is 5.82 Å². The lowest BCUT2D eigenvalue weighted by atomic mass is 10.0. The van der Waals surface area contributed by atoms with Crippen LogP contribution in [-0.4, -0.2) is 5.11 Å². The molecule has 1 aromatic carbocycles. The van der Waals surface area contributed by atoms with Crippen molar-refractivity contribution in [1.29, 1.82) is 0 Å². The minimum atomic E-state index is -0.765. The first-order valence-corrected chi connectivity index (χ1v) is 6.02. The zero-order valence-electron chi connectivity index (χ0n) is 8.98. The third kappa shape index (κ3) is 2.31. The molecule has 1 atom stereocenters. The van der Waals surface area contributed by atoms with Crippen molar-refractivity contribution in [2.24, 2.45) is 0 Å². The van der Waals surface area contributed by atoms with Gasteiger partial charge in [-0.3, -0.25) is 0 Å². The standard InChI is InChI=1S/C13H13FOS/c1-9-4-2-6-11(13(9)14)12(15)8-10-5-3-7-16-10/h2-7,12,15H,8H2,1H3. The van der Waals surface area contributed by atoms with Gasteiger partial charge in [0.15, 0.2) is 0 Å². The molecule has 2 aromatic rings. The fourth-order valence-corrected chi connectivity index (χ4v) is 2.40. The quantitative estimate of drug-likeness (QED) is 0.865. The van der Waals surface area contributed by atoms with Crippen LogP contribution < -0.4 is 0 Å². The molecule has 0 bridgehead atoms. The number of halogens is 1. The SMILES string of the molecule is Cc1cccc(C(O)Cc2cccs2)c1F. The summed E-state index contributed by atoms with van der Waals surface area (Å²) in [6.07, 6.45) is -0.295. The summed E-state index contributed by atoms with van der Waals surface area (Å²) >= 11 is 1.57. The average molecular weight is 236 g/mol. The van der Waals surface area contributed by atoms with E-state index in [1.165, 1.54) is 0 Å². The van der Waals surface area contributed by atoms with E-state index < -0.39 is 6.10 Å². The molecule has 1 unspecified atom stereocenters. The molecular weight excluding hydrogens is 223 g/mol. The van der Waals surface area contributed by atoms with E-state index in [9.17, 15) is 9.50 Å². The van der Waals surface area contributed by atoms with Crippen molar-refractivity contribution in [2.75, 3.05) is 0 Å². The first kappa shape index (κ1) is 11.3. The van der Waals surface area contributed by atoms with Gasteiger partial charge in [0.1, 0.15) is 5.82 Å². The number of aliphatic hydroxyl groups is 1. The van der Waals surface area contributed by atoms with Crippen molar-refractivity contribution in [3.05, 3.63) is 57.5 Å². The van der Waals surface area contributed by atoms with E-state index in [1.54, 1.807) is 36.5 Å². The van der Waals surface area contributed by atoms with E-state index in [4.69, 9.17) is 0 Å². The first-order chi connectivity index (χ1) is 7.68. The van der Waals surface area contributed by atoms with Crippen LogP contribution in [0.4, 0.5) is 4.39 Å². The van der Waals surface area contributed by atoms with Gasteiger partial charge in [0.05, 0.1) is 6.10 Å². The fraction of sp³-hybridized carbons (Fsp3) is 0.231. The molecule has 0 saturated carbocycles. The summed E-state index contributed by atoms with van der Waals surface area (Å²) in [4.78, 5) is 1.06. The van der Waals surface area contributed by atoms with Crippen LogP contribution in [0.15, 0.2) is 35.7 Å². The van der Waals surface area contributed by atoms with Crippen LogP contribution in [0.3, 0.4) is 0 Å². The van der Waals surface area contributed by atoms with Gasteiger partial charge in [-0.1, -0.05) is 24.3 Å². The number of hydrogen-bond donors (Lipinski definition) is 1. The molecule has 2 rings (SSSR count). The molecule has 0 saturated heterocycles. The molecule has 0 aliphatic rings. The Morgan fingerprint density at radius 3 is 2.81 bits per heavy atom. The molecule has 1 heterocycles. The highest BCUT2D eigenvalue weighted by Gasteiger charge is 2.14. The molecule has 1 aromatic heterocycles. The van der Waals surface area contributed by atoms with Crippen molar-refractivity contribution in [3.63, 3.8) is 0 Å². The fourth-order valence-electron chi connectivity index (χ4n) is 1.66. The minimum Gasteiger partial charge on any atom is -0.388 e. The lowest BCUT2D eigenvalue weighted by molar-refractivity contribution is 0.174. The van der Waals surface area contributed by atoms with Gasteiger partial charge in [-0.05, 0) is 23.9 Å². The topological polar surface area (TPSA) is 20.2 Å². The minimum absolute atomic E-state index is 0.299. The summed E-state index contributed by atoms with van der Waals surface area (Å²) in [5.74, 6) is -0.299. The Kier molecular flexibility index (Phi) is 3.36. The highest BCUT2D eigenvalue weighted by molar-refractivity contribution is 7.09. The summed E-state index contributed by atoms with van der Waals surface area (Å²) in [5, 5.41) is 11.9. The lowest BCUT2D eigenvalue weighted by Crippen LogP contribution is -2.04. The third-order valence-corrected chi connectivity index (χ3v) is 3.45. The molecule has 16 heavy (non-hydrogen) atoms. The van der Waals surface area contributed by atoms with Gasteiger partial charge in [0.2, 0.25) is 0 Å². The normalized spacial score (nSPS) is 12.7. The van der Waals surface area contributed by atoms with E-state index in [2.05, 4.69) is 0 Å². The number of thiophene rings is 1. The molecule has 3 heteroatoms. The smallest absolute Gasteiger partial charge is 0.131 e. The Hall–Kier alpha value is -1.19. The van der Waals surface area contributed by atoms with E-state index in [0.29, 0.717) is 17.5 Å². The van der Waals surface area contributed by atoms with Crippen LogP contribution in [0.1, 0.15) is 22.1 Å². The van der Waals surface area contributed by atoms with Crippen LogP contribution in [0.25, 0.3) is 0 Å². The Balaban J connectivity index is 2.21. The summed E-state index contributed by atoms with van der Waals surface area (Å²) in [6.45, 7) is 1.71. The second kappa shape index (κ2) is 4.76. The zero-order valence-corrected chi connectivity index (χ0v) is 9.80. The third-order valence-electron chi connectivity index (χ3n) is 2.56. The van der Waals surface area contributed by atoms with Gasteiger partial charge in [0, 0.05) is 16.9 Å². The van der Waals surface area contributed by atoms with Crippen molar-refractivity contribution in [2.45, 2.75) is 19.4 Å². The number of rotatable bonds is 3. The largest absolute Gasteiger partial charge is 0.388 e. The van der Waals surface area contributed by atoms with Gasteiger partial charge >= 0.3 is 0 Å². The molecule has 0 fully saturated rings. The molecule has 0 radical (unpaired) electrons. The highest BCUT2D eigenvalue weighted by Crippen LogP contribution is 2.24. The number of hydrogen-bond acceptors (Lipinski definition) is 2. The maximum Gasteiger partial charge on any atom is 0.131 e. The predicted molar refractivity (Wildman–Crippen MR) is 64.1 cm³/mol. The van der Waals surface area contributed by atoms with Crippen molar-refractivity contribution < 1.29 is 9.50 Å². The van der Waals surface area contributed by atoms with Crippen molar-refractivity contribution in [3.8, 4) is 0 Å². The van der Waals surface area contributed by atoms with Crippen LogP contribution in [0.5, 0.6) is 0 Å². The van der Waals surface area contributed by atoms with Gasteiger partial charge in [-0.15, -0.1) is 11.3 Å². The van der Waals surface area contributed by atoms with E-state index in [0.717, 1.165) is 4.88 Å². The molecular formula is C13H13FOS. The van der Waals surface area contributed by atoms with Crippen LogP contribution >= 0.6 is 11.3 Å². The van der Waals surface area contributed by atoms with Gasteiger partial charge in [-0.25, -0.2) is 4.39 Å². The molecule has 0 amide bonds. The van der Waals surface area contributed by atoms with Gasteiger partial charge in [0.25, 0.3) is 0 Å². The Morgan fingerprint density at radius 1 is 1.31 bits per heavy atom. The first-order valence-electron chi connectivity index (χ1n) is 5.14. The monoisotopic (exact) mass is 236 g/mol. The molecule has 0 aliphatic heterocycles. The summed E-state index contributed by atoms with van der Waals surface area (Å²) < 4.78 is 13.7. The number of aryl methyl sites for hydroxylation is 1. The average Bonchev–Trinajstić information content (AvgIpc) is 2.74. The summed E-state index contributed by atoms with van der Waals surface area (Å²) in [6, 6.07) is 8.99. The molecule has 84 valence electrons. The Bertz CT molecular complexity index is 465. The Morgan fingerprint density at radius 2 is 2.12 bits per heavy atom. The van der Waals surface area contributed by atoms with Gasteiger partial charge in [-0.2, -0.15) is 0 Å². The van der Waals surface area contributed by atoms with E-state index >= 15 is 0 Å². The summed E-state index contributed by atoms with van der Waals surface area (Å²) in [7, 11) is 0. The van der Waals surface area contributed by atoms with Gasteiger partial charge < -0.3 is 5.11 Å². The lowest BCUT2D eigenvalue weighted by Gasteiger charge is -2.12. The number of benzene rings is 1. The zero-order chi connectivity index (χ0) is 11.5. The second-order valence-corrected chi connectivity index (χ2v) is 4.81. The van der Waals surface area contributed by atoms with Crippen LogP contribution in [0.2, 0.25) is 0 Å². The molecule has 0 spiro atoms. The Labute approximate surface area is 98.2 Å². The maximum atomic E-state index is 13.7. The van der Waals surface area contributed by atoms with Crippen molar-refractivity contribution in [1.82, 2.24) is 0 Å². The van der Waals surface area contributed by atoms with Crippen LogP contribution in [0, 0.1) is 12.7 Å². The molecule has 0 aliphatic carbocycles.